The van der Waals surface area contributed by atoms with E-state index in [1.165, 1.54) is 11.9 Å². The van der Waals surface area contributed by atoms with Gasteiger partial charge in [-0.15, -0.1) is 5.10 Å². The monoisotopic (exact) mass is 400 g/mol. The highest BCUT2D eigenvalue weighted by Gasteiger charge is 2.33. The number of nitrogens with zero attached hydrogens (tertiary/aromatic N) is 6. The predicted molar refractivity (Wildman–Crippen MR) is 105 cm³/mol. The molecule has 0 bridgehead atoms. The minimum Gasteiger partial charge on any atom is -0.463 e. The maximum absolute atomic E-state index is 13.3. The first-order valence-corrected chi connectivity index (χ1v) is 9.15. The van der Waals surface area contributed by atoms with Crippen LogP contribution in [-0.4, -0.2) is 68.5 Å². The Bertz CT molecular complexity index is 898. The molecule has 0 saturated carbocycles. The highest BCUT2D eigenvalue weighted by Crippen LogP contribution is 2.24. The lowest BCUT2D eigenvalue weighted by Crippen LogP contribution is -2.54. The Morgan fingerprint density at radius 3 is 2.62 bits per heavy atom. The number of carbonyl (C=O) groups is 2. The molecule has 1 aromatic carbocycles. The number of ether oxygens (including phenoxy) is 1. The highest BCUT2D eigenvalue weighted by molar-refractivity contribution is 6.34. The summed E-state index contributed by atoms with van der Waals surface area (Å²) in [7, 11) is 1.21. The molecule has 2 aromatic rings. The number of esters is 1. The third-order valence-electron chi connectivity index (χ3n) is 4.88. The van der Waals surface area contributed by atoms with Crippen molar-refractivity contribution in [3.05, 3.63) is 42.2 Å². The minimum absolute atomic E-state index is 0.00715. The van der Waals surface area contributed by atoms with Crippen molar-refractivity contribution in [3.8, 4) is 5.69 Å². The first-order chi connectivity index (χ1) is 13.9. The Hall–Kier alpha value is -3.47. The first kappa shape index (κ1) is 20.3. The second kappa shape index (κ2) is 8.69. The van der Waals surface area contributed by atoms with Gasteiger partial charge in [0.15, 0.2) is 0 Å². The Labute approximate surface area is 167 Å². The van der Waals surface area contributed by atoms with Crippen LogP contribution in [-0.2, 0) is 9.53 Å². The van der Waals surface area contributed by atoms with Crippen LogP contribution in [0.25, 0.3) is 5.69 Å². The van der Waals surface area contributed by atoms with E-state index in [0.29, 0.717) is 24.2 Å². The number of amidine groups is 1. The smallest absolute Gasteiger partial charge is 0.375 e. The fourth-order valence-electron chi connectivity index (χ4n) is 3.26. The molecule has 1 unspecified atom stereocenters. The summed E-state index contributed by atoms with van der Waals surface area (Å²) < 4.78 is 4.53. The van der Waals surface area contributed by atoms with Crippen molar-refractivity contribution in [1.29, 1.82) is 0 Å². The fraction of sp³-hybridized carbons (Fsp3) is 0.389. The molecule has 3 rings (SSSR count). The maximum atomic E-state index is 13.3. The van der Waals surface area contributed by atoms with Crippen molar-refractivity contribution < 1.29 is 14.3 Å². The van der Waals surface area contributed by atoms with Crippen LogP contribution in [0.3, 0.4) is 0 Å². The van der Waals surface area contributed by atoms with Gasteiger partial charge in [0.25, 0.3) is 5.91 Å². The third kappa shape index (κ3) is 4.35. The van der Waals surface area contributed by atoms with Crippen LogP contribution in [0.2, 0.25) is 0 Å². The zero-order valence-corrected chi connectivity index (χ0v) is 16.3. The van der Waals surface area contributed by atoms with E-state index in [1.54, 1.807) is 35.5 Å². The van der Waals surface area contributed by atoms with Crippen LogP contribution < -0.4 is 11.6 Å². The largest absolute Gasteiger partial charge is 0.463 e. The standard InChI is InChI=1S/C18H24N8O3/c1-12-7-8-13(25(20)23-16(19)18(28)29-2)11-24(12)17(27)14-5-3-4-6-15(14)26-21-9-10-22-26/h3-6,9-10,12-13H,7-8,11,20H2,1-2H3,(H2,19,23)/t12-,13?/m1/s1. The number of aromatic nitrogens is 3. The molecule has 0 radical (unpaired) electrons. The van der Waals surface area contributed by atoms with Crippen molar-refractivity contribution in [2.24, 2.45) is 16.7 Å². The number of hydrazone groups is 1. The molecule has 11 heteroatoms. The molecule has 2 heterocycles. The number of amides is 1. The molecule has 1 saturated heterocycles. The number of para-hydroxylation sites is 1. The maximum Gasteiger partial charge on any atom is 0.375 e. The van der Waals surface area contributed by atoms with Gasteiger partial charge in [-0.1, -0.05) is 12.1 Å². The summed E-state index contributed by atoms with van der Waals surface area (Å²) in [6.07, 6.45) is 4.52. The van der Waals surface area contributed by atoms with Gasteiger partial charge in [0.1, 0.15) is 0 Å². The number of nitrogens with two attached hydrogens (primary N) is 2. The molecule has 154 valence electrons. The first-order valence-electron chi connectivity index (χ1n) is 9.15. The molecule has 4 N–H and O–H groups in total. The quantitative estimate of drug-likeness (QED) is 0.238. The van der Waals surface area contributed by atoms with Crippen LogP contribution in [0.5, 0.6) is 0 Å². The van der Waals surface area contributed by atoms with Crippen molar-refractivity contribution in [2.75, 3.05) is 13.7 Å². The SMILES string of the molecule is COC(=O)/C(N)=N/N(N)C1CC[C@@H](C)N(C(=O)c2ccccc2-n2nccn2)C1. The van der Waals surface area contributed by atoms with E-state index >= 15 is 0 Å². The number of benzene rings is 1. The summed E-state index contributed by atoms with van der Waals surface area (Å²) in [5.74, 6) is 4.72. The highest BCUT2D eigenvalue weighted by atomic mass is 16.5. The molecule has 1 aliphatic heterocycles. The van der Waals surface area contributed by atoms with E-state index < -0.39 is 5.97 Å². The van der Waals surface area contributed by atoms with E-state index in [1.807, 2.05) is 13.0 Å². The second-order valence-electron chi connectivity index (χ2n) is 6.73. The molecule has 1 aromatic heterocycles. The minimum atomic E-state index is -0.766. The molecule has 0 aliphatic carbocycles. The number of rotatable bonds is 4. The Morgan fingerprint density at radius 2 is 1.93 bits per heavy atom. The van der Waals surface area contributed by atoms with Crippen molar-refractivity contribution in [1.82, 2.24) is 25.0 Å². The van der Waals surface area contributed by atoms with Gasteiger partial charge < -0.3 is 15.4 Å². The second-order valence-corrected chi connectivity index (χ2v) is 6.73. The van der Waals surface area contributed by atoms with Gasteiger partial charge in [-0.3, -0.25) is 4.79 Å². The zero-order chi connectivity index (χ0) is 21.0. The molecule has 1 amide bonds. The molecule has 1 aliphatic rings. The summed E-state index contributed by atoms with van der Waals surface area (Å²) in [6, 6.07) is 6.86. The number of hydrogen-bond acceptors (Lipinski definition) is 8. The van der Waals surface area contributed by atoms with Gasteiger partial charge in [-0.25, -0.2) is 15.8 Å². The molecule has 29 heavy (non-hydrogen) atoms. The summed E-state index contributed by atoms with van der Waals surface area (Å²) in [6.45, 7) is 2.31. The molecule has 0 spiro atoms. The topological polar surface area (TPSA) is 145 Å². The molecular weight excluding hydrogens is 376 g/mol. The van der Waals surface area contributed by atoms with Gasteiger partial charge >= 0.3 is 5.97 Å². The lowest BCUT2D eigenvalue weighted by atomic mass is 9.98. The molecule has 1 fully saturated rings. The van der Waals surface area contributed by atoms with Crippen LogP contribution in [0.4, 0.5) is 0 Å². The Kier molecular flexibility index (Phi) is 6.07. The number of piperidine rings is 1. The van der Waals surface area contributed by atoms with Crippen molar-refractivity contribution in [2.45, 2.75) is 31.8 Å². The molecule has 11 nitrogen and oxygen atoms in total. The van der Waals surface area contributed by atoms with Gasteiger partial charge in [0, 0.05) is 12.6 Å². The lowest BCUT2D eigenvalue weighted by Gasteiger charge is -2.40. The van der Waals surface area contributed by atoms with Gasteiger partial charge in [0.2, 0.25) is 5.84 Å². The number of carbonyl (C=O) groups excluding carboxylic acids is 2. The number of hydrazine groups is 1. The molecular formula is C18H24N8O3. The summed E-state index contributed by atoms with van der Waals surface area (Å²) >= 11 is 0. The zero-order valence-electron chi connectivity index (χ0n) is 16.3. The van der Waals surface area contributed by atoms with Gasteiger partial charge in [0.05, 0.1) is 36.8 Å². The number of hydrogen-bond donors (Lipinski definition) is 2. The number of methoxy groups -OCH3 is 1. The van der Waals surface area contributed by atoms with Crippen molar-refractivity contribution >= 4 is 17.7 Å². The van der Waals surface area contributed by atoms with E-state index in [4.69, 9.17) is 11.6 Å². The molecule has 2 atom stereocenters. The van der Waals surface area contributed by atoms with Gasteiger partial charge in [-0.2, -0.15) is 15.0 Å². The van der Waals surface area contributed by atoms with Crippen LogP contribution in [0.15, 0.2) is 41.8 Å². The van der Waals surface area contributed by atoms with Crippen LogP contribution in [0.1, 0.15) is 30.1 Å². The lowest BCUT2D eigenvalue weighted by molar-refractivity contribution is -0.132. The van der Waals surface area contributed by atoms with Crippen LogP contribution >= 0.6 is 0 Å². The van der Waals surface area contributed by atoms with Crippen molar-refractivity contribution in [3.63, 3.8) is 0 Å². The van der Waals surface area contributed by atoms with E-state index in [0.717, 1.165) is 11.5 Å². The third-order valence-corrected chi connectivity index (χ3v) is 4.88. The Morgan fingerprint density at radius 1 is 1.24 bits per heavy atom. The van der Waals surface area contributed by atoms with Gasteiger partial charge in [-0.05, 0) is 31.9 Å². The predicted octanol–water partition coefficient (Wildman–Crippen LogP) is -0.119. The summed E-state index contributed by atoms with van der Waals surface area (Å²) in [5.41, 5.74) is 6.65. The fourth-order valence-corrected chi connectivity index (χ4v) is 3.26. The summed E-state index contributed by atoms with van der Waals surface area (Å²) in [4.78, 5) is 27.9. The van der Waals surface area contributed by atoms with Crippen LogP contribution in [0, 0.1) is 0 Å². The Balaban J connectivity index is 1.82. The summed E-state index contributed by atoms with van der Waals surface area (Å²) in [5, 5.41) is 13.3. The number of likely N-dealkylation sites (tertiary alicyclic amines) is 1. The van der Waals surface area contributed by atoms with E-state index in [9.17, 15) is 9.59 Å². The van der Waals surface area contributed by atoms with E-state index in [-0.39, 0.29) is 23.8 Å². The normalized spacial score (nSPS) is 19.7. The average molecular weight is 400 g/mol. The average Bonchev–Trinajstić information content (AvgIpc) is 3.27. The van der Waals surface area contributed by atoms with E-state index in [2.05, 4.69) is 20.0 Å².